The van der Waals surface area contributed by atoms with Gasteiger partial charge in [-0.05, 0) is 49.1 Å². The first kappa shape index (κ1) is 23.6. The van der Waals surface area contributed by atoms with Crippen molar-refractivity contribution in [1.82, 2.24) is 19.5 Å². The summed E-state index contributed by atoms with van der Waals surface area (Å²) in [7, 11) is 0. The summed E-state index contributed by atoms with van der Waals surface area (Å²) in [5, 5.41) is 1.18. The topological polar surface area (TPSA) is 46.8 Å². The van der Waals surface area contributed by atoms with E-state index in [-0.39, 0.29) is 0 Å². The zero-order chi connectivity index (χ0) is 26.1. The predicted octanol–water partition coefficient (Wildman–Crippen LogP) is 7.94. The highest BCUT2D eigenvalue weighted by molar-refractivity contribution is 5.89. The lowest BCUT2D eigenvalue weighted by Crippen LogP contribution is -2.24. The van der Waals surface area contributed by atoms with Crippen LogP contribution in [-0.2, 0) is 0 Å². The van der Waals surface area contributed by atoms with Crippen LogP contribution < -0.4 is 4.90 Å². The quantitative estimate of drug-likeness (QED) is 0.215. The third-order valence-electron chi connectivity index (χ3n) is 7.17. The Morgan fingerprint density at radius 3 is 2.45 bits per heavy atom. The largest absolute Gasteiger partial charge is 0.333 e. The summed E-state index contributed by atoms with van der Waals surface area (Å²) < 4.78 is 2.08. The van der Waals surface area contributed by atoms with Gasteiger partial charge in [0.05, 0.1) is 46.9 Å². The van der Waals surface area contributed by atoms with E-state index in [1.807, 2.05) is 55.0 Å². The van der Waals surface area contributed by atoms with Crippen molar-refractivity contribution in [2.45, 2.75) is 19.8 Å². The van der Waals surface area contributed by atoms with Crippen molar-refractivity contribution < 1.29 is 0 Å². The van der Waals surface area contributed by atoms with Gasteiger partial charge >= 0.3 is 0 Å². The average Bonchev–Trinajstić information content (AvgIpc) is 3.27. The molecule has 5 nitrogen and oxygen atoms in total. The Hall–Kier alpha value is -4.77. The molecule has 0 spiro atoms. The molecule has 38 heavy (non-hydrogen) atoms. The molecule has 0 unspecified atom stereocenters. The molecule has 0 radical (unpaired) electrons. The first-order chi connectivity index (χ1) is 18.7. The molecule has 0 N–H and O–H groups in total. The maximum atomic E-state index is 4.83. The lowest BCUT2D eigenvalue weighted by atomic mass is 9.98. The monoisotopic (exact) mass is 495 g/mol. The van der Waals surface area contributed by atoms with Gasteiger partial charge in [-0.1, -0.05) is 67.3 Å². The van der Waals surface area contributed by atoms with Crippen molar-refractivity contribution in [3.8, 4) is 17.2 Å². The molecule has 0 saturated carbocycles. The number of pyridine rings is 1. The zero-order valence-corrected chi connectivity index (χ0v) is 21.5. The fourth-order valence-electron chi connectivity index (χ4n) is 5.24. The Morgan fingerprint density at radius 2 is 1.68 bits per heavy atom. The number of benzene rings is 2. The molecule has 1 aliphatic heterocycles. The van der Waals surface area contributed by atoms with Gasteiger partial charge in [0.2, 0.25) is 5.95 Å². The Bertz CT molecular complexity index is 1680. The summed E-state index contributed by atoms with van der Waals surface area (Å²) in [6.07, 6.45) is 13.8. The van der Waals surface area contributed by atoms with Gasteiger partial charge in [-0.3, -0.25) is 9.55 Å². The smallest absolute Gasteiger partial charge is 0.234 e. The predicted molar refractivity (Wildman–Crippen MR) is 158 cm³/mol. The van der Waals surface area contributed by atoms with Crippen molar-refractivity contribution in [1.29, 1.82) is 0 Å². The standard InChI is InChI=1S/C33H29N5/c1-4-6-12-24-17-26-18-29(25-13-8-7-9-14-25)34-21-32(26)37(22-24)27-19-35-33(36-20-27)38-30(5-2)23(3)28-15-10-11-16-31(28)38/h4-5,7-11,13-21H,1-2,6,12,22H2,3H3. The minimum absolute atomic E-state index is 0.630. The number of hydrogen-bond acceptors (Lipinski definition) is 4. The molecule has 0 aliphatic carbocycles. The van der Waals surface area contributed by atoms with Gasteiger partial charge in [0.1, 0.15) is 0 Å². The van der Waals surface area contributed by atoms with E-state index in [0.717, 1.165) is 58.8 Å². The fraction of sp³-hybridized carbons (Fsp3) is 0.121. The molecule has 0 fully saturated rings. The molecule has 186 valence electrons. The number of para-hydroxylation sites is 1. The summed E-state index contributed by atoms with van der Waals surface area (Å²) in [6, 6.07) is 20.8. The van der Waals surface area contributed by atoms with E-state index >= 15 is 0 Å². The van der Waals surface area contributed by atoms with E-state index < -0.39 is 0 Å². The van der Waals surface area contributed by atoms with Crippen LogP contribution in [0.3, 0.4) is 0 Å². The minimum atomic E-state index is 0.630. The van der Waals surface area contributed by atoms with Crippen molar-refractivity contribution in [2.75, 3.05) is 11.4 Å². The van der Waals surface area contributed by atoms with E-state index in [2.05, 4.69) is 72.0 Å². The van der Waals surface area contributed by atoms with Gasteiger partial charge in [-0.15, -0.1) is 6.58 Å². The summed E-state index contributed by atoms with van der Waals surface area (Å²) in [5.41, 5.74) is 9.79. The van der Waals surface area contributed by atoms with Crippen LogP contribution in [0.4, 0.5) is 11.4 Å². The Morgan fingerprint density at radius 1 is 0.921 bits per heavy atom. The third-order valence-corrected chi connectivity index (χ3v) is 7.17. The number of allylic oxidation sites excluding steroid dienone is 1. The molecular formula is C33H29N5. The van der Waals surface area contributed by atoms with Crippen LogP contribution in [0.15, 0.2) is 104 Å². The molecule has 2 aromatic carbocycles. The van der Waals surface area contributed by atoms with Crippen molar-refractivity contribution in [2.24, 2.45) is 0 Å². The lowest BCUT2D eigenvalue weighted by molar-refractivity contribution is 0.889. The highest BCUT2D eigenvalue weighted by Gasteiger charge is 2.22. The summed E-state index contributed by atoms with van der Waals surface area (Å²) >= 11 is 0. The normalized spacial score (nSPS) is 12.8. The zero-order valence-electron chi connectivity index (χ0n) is 21.5. The van der Waals surface area contributed by atoms with Crippen LogP contribution in [0.5, 0.6) is 0 Å². The fourth-order valence-corrected chi connectivity index (χ4v) is 5.24. The molecule has 1 aliphatic rings. The van der Waals surface area contributed by atoms with E-state index in [1.54, 1.807) is 0 Å². The molecule has 5 aromatic rings. The molecule has 0 atom stereocenters. The van der Waals surface area contributed by atoms with E-state index in [9.17, 15) is 0 Å². The molecule has 3 aromatic heterocycles. The molecule has 0 saturated heterocycles. The van der Waals surface area contributed by atoms with Crippen LogP contribution >= 0.6 is 0 Å². The average molecular weight is 496 g/mol. The maximum Gasteiger partial charge on any atom is 0.234 e. The molecule has 4 heterocycles. The van der Waals surface area contributed by atoms with Gasteiger partial charge in [0.15, 0.2) is 0 Å². The number of anilines is 2. The number of fused-ring (bicyclic) bond motifs is 2. The second-order valence-corrected chi connectivity index (χ2v) is 9.52. The van der Waals surface area contributed by atoms with E-state index in [0.29, 0.717) is 5.95 Å². The van der Waals surface area contributed by atoms with Crippen LogP contribution in [0.2, 0.25) is 0 Å². The second-order valence-electron chi connectivity index (χ2n) is 9.52. The van der Waals surface area contributed by atoms with Crippen LogP contribution in [0.1, 0.15) is 29.7 Å². The Labute approximate surface area is 223 Å². The molecule has 6 rings (SSSR count). The molecular weight excluding hydrogens is 466 g/mol. The van der Waals surface area contributed by atoms with Crippen molar-refractivity contribution in [3.63, 3.8) is 0 Å². The SMILES string of the molecule is C=CCCC1=Cc2cc(-c3ccccc3)ncc2N(c2cnc(-n3c(C=C)c(C)c4ccccc43)nc2)C1. The van der Waals surface area contributed by atoms with Crippen molar-refractivity contribution >= 4 is 34.4 Å². The van der Waals surface area contributed by atoms with Gasteiger partial charge < -0.3 is 4.90 Å². The van der Waals surface area contributed by atoms with E-state index in [4.69, 9.17) is 15.0 Å². The number of nitrogens with zero attached hydrogens (tertiary/aromatic N) is 5. The number of aryl methyl sites for hydroxylation is 1. The minimum Gasteiger partial charge on any atom is -0.333 e. The van der Waals surface area contributed by atoms with E-state index in [1.165, 1.54) is 16.5 Å². The van der Waals surface area contributed by atoms with Gasteiger partial charge in [0, 0.05) is 23.1 Å². The van der Waals surface area contributed by atoms with Crippen LogP contribution in [-0.4, -0.2) is 26.1 Å². The van der Waals surface area contributed by atoms with Gasteiger partial charge in [0.25, 0.3) is 0 Å². The first-order valence-corrected chi connectivity index (χ1v) is 12.9. The summed E-state index contributed by atoms with van der Waals surface area (Å²) in [4.78, 5) is 16.7. The Kier molecular flexibility index (Phi) is 6.18. The second kappa shape index (κ2) is 9.94. The van der Waals surface area contributed by atoms with Crippen LogP contribution in [0, 0.1) is 6.92 Å². The summed E-state index contributed by atoms with van der Waals surface area (Å²) in [6.45, 7) is 10.8. The number of rotatable bonds is 7. The number of hydrogen-bond donors (Lipinski definition) is 0. The molecule has 5 heteroatoms. The van der Waals surface area contributed by atoms with Crippen molar-refractivity contribution in [3.05, 3.63) is 121 Å². The number of aromatic nitrogens is 4. The highest BCUT2D eigenvalue weighted by atomic mass is 15.2. The summed E-state index contributed by atoms with van der Waals surface area (Å²) in [5.74, 6) is 0.630. The third kappa shape index (κ3) is 4.12. The highest BCUT2D eigenvalue weighted by Crippen LogP contribution is 2.37. The van der Waals surface area contributed by atoms with Crippen LogP contribution in [0.25, 0.3) is 40.3 Å². The Balaban J connectivity index is 1.40. The molecule has 0 bridgehead atoms. The lowest BCUT2D eigenvalue weighted by Gasteiger charge is -2.31. The first-order valence-electron chi connectivity index (χ1n) is 12.9. The maximum absolute atomic E-state index is 4.83. The van der Waals surface area contributed by atoms with Gasteiger partial charge in [-0.25, -0.2) is 9.97 Å². The molecule has 0 amide bonds. The van der Waals surface area contributed by atoms with Gasteiger partial charge in [-0.2, -0.15) is 0 Å².